The summed E-state index contributed by atoms with van der Waals surface area (Å²) in [6.07, 6.45) is 0.999. The zero-order chi connectivity index (χ0) is 13.8. The maximum Gasteiger partial charge on any atom is 0.0760 e. The SMILES string of the molecule is CNC(CS(=O)c1c(Cl)cccc1Cl)C1CCOC1. The monoisotopic (exact) mass is 321 g/mol. The van der Waals surface area contributed by atoms with Crippen molar-refractivity contribution in [2.24, 2.45) is 5.92 Å². The Hall–Kier alpha value is -0.130. The average molecular weight is 322 g/mol. The molecule has 106 valence electrons. The van der Waals surface area contributed by atoms with Crippen molar-refractivity contribution in [3.8, 4) is 0 Å². The van der Waals surface area contributed by atoms with Gasteiger partial charge in [-0.25, -0.2) is 0 Å². The molecule has 0 aromatic heterocycles. The molecule has 1 heterocycles. The molecule has 1 aromatic rings. The first-order valence-corrected chi connectivity index (χ1v) is 8.28. The van der Waals surface area contributed by atoms with Gasteiger partial charge in [0, 0.05) is 24.3 Å². The molecule has 3 unspecified atom stereocenters. The standard InChI is InChI=1S/C13H17Cl2NO2S/c1-16-12(9-5-6-18-7-9)8-19(17)13-10(14)3-2-4-11(13)15/h2-4,9,12,16H,5-8H2,1H3. The second kappa shape index (κ2) is 7.04. The molecule has 1 N–H and O–H groups in total. The number of benzene rings is 1. The van der Waals surface area contributed by atoms with Crippen molar-refractivity contribution >= 4 is 34.0 Å². The lowest BCUT2D eigenvalue weighted by atomic mass is 10.0. The third kappa shape index (κ3) is 3.70. The molecule has 6 heteroatoms. The van der Waals surface area contributed by atoms with E-state index in [1.54, 1.807) is 18.2 Å². The number of hydrogen-bond donors (Lipinski definition) is 1. The van der Waals surface area contributed by atoms with Crippen LogP contribution < -0.4 is 5.32 Å². The Bertz CT molecular complexity index is 444. The smallest absolute Gasteiger partial charge is 0.0760 e. The maximum atomic E-state index is 12.5. The molecule has 1 saturated heterocycles. The predicted octanol–water partition coefficient (Wildman–Crippen LogP) is 2.73. The normalized spacial score (nSPS) is 22.4. The van der Waals surface area contributed by atoms with Crippen LogP contribution in [0, 0.1) is 5.92 Å². The molecule has 0 bridgehead atoms. The van der Waals surface area contributed by atoms with Gasteiger partial charge in [0.2, 0.25) is 0 Å². The summed E-state index contributed by atoms with van der Waals surface area (Å²) in [6, 6.07) is 5.34. The van der Waals surface area contributed by atoms with Crippen molar-refractivity contribution in [3.05, 3.63) is 28.2 Å². The fraction of sp³-hybridized carbons (Fsp3) is 0.538. The van der Waals surface area contributed by atoms with Gasteiger partial charge in [0.25, 0.3) is 0 Å². The van der Waals surface area contributed by atoms with E-state index in [4.69, 9.17) is 27.9 Å². The highest BCUT2D eigenvalue weighted by Gasteiger charge is 2.27. The van der Waals surface area contributed by atoms with Crippen molar-refractivity contribution in [1.82, 2.24) is 5.32 Å². The summed E-state index contributed by atoms with van der Waals surface area (Å²) in [6.45, 7) is 1.50. The minimum absolute atomic E-state index is 0.149. The third-order valence-electron chi connectivity index (χ3n) is 3.38. The number of rotatable bonds is 5. The van der Waals surface area contributed by atoms with E-state index in [1.807, 2.05) is 7.05 Å². The molecular formula is C13H17Cl2NO2S. The second-order valence-electron chi connectivity index (χ2n) is 4.58. The number of hydrogen-bond acceptors (Lipinski definition) is 3. The molecule has 0 radical (unpaired) electrons. The Labute approximate surface area is 126 Å². The van der Waals surface area contributed by atoms with Gasteiger partial charge in [-0.3, -0.25) is 4.21 Å². The van der Waals surface area contributed by atoms with Gasteiger partial charge in [-0.1, -0.05) is 29.3 Å². The fourth-order valence-corrected chi connectivity index (χ4v) is 4.69. The lowest BCUT2D eigenvalue weighted by molar-refractivity contribution is 0.179. The Morgan fingerprint density at radius 3 is 2.68 bits per heavy atom. The summed E-state index contributed by atoms with van der Waals surface area (Å²) in [4.78, 5) is 0.532. The van der Waals surface area contributed by atoms with Gasteiger partial charge in [-0.2, -0.15) is 0 Å². The topological polar surface area (TPSA) is 38.3 Å². The summed E-state index contributed by atoms with van der Waals surface area (Å²) in [5.41, 5.74) is 0. The molecule has 0 aliphatic carbocycles. The highest BCUT2D eigenvalue weighted by Crippen LogP contribution is 2.29. The van der Waals surface area contributed by atoms with Crippen LogP contribution >= 0.6 is 23.2 Å². The lowest BCUT2D eigenvalue weighted by Gasteiger charge is -2.21. The summed E-state index contributed by atoms with van der Waals surface area (Å²) < 4.78 is 17.9. The molecular weight excluding hydrogens is 305 g/mol. The van der Waals surface area contributed by atoms with Crippen molar-refractivity contribution in [2.75, 3.05) is 26.0 Å². The first kappa shape index (κ1) is 15.3. The highest BCUT2D eigenvalue weighted by molar-refractivity contribution is 7.85. The Morgan fingerprint density at radius 1 is 1.47 bits per heavy atom. The molecule has 1 aromatic carbocycles. The molecule has 1 fully saturated rings. The van der Waals surface area contributed by atoms with Crippen LogP contribution in [0.25, 0.3) is 0 Å². The van der Waals surface area contributed by atoms with Gasteiger partial charge in [0.1, 0.15) is 0 Å². The van der Waals surface area contributed by atoms with Gasteiger partial charge < -0.3 is 10.1 Å². The van der Waals surface area contributed by atoms with Crippen LogP contribution in [0.1, 0.15) is 6.42 Å². The van der Waals surface area contributed by atoms with Crippen LogP contribution in [-0.2, 0) is 15.5 Å². The van der Waals surface area contributed by atoms with Crippen LogP contribution in [0.15, 0.2) is 23.1 Å². The summed E-state index contributed by atoms with van der Waals surface area (Å²) in [7, 11) is 0.669. The first-order chi connectivity index (χ1) is 9.13. The minimum Gasteiger partial charge on any atom is -0.381 e. The molecule has 3 nitrogen and oxygen atoms in total. The van der Waals surface area contributed by atoms with Gasteiger partial charge in [-0.05, 0) is 25.6 Å². The average Bonchev–Trinajstić information content (AvgIpc) is 2.89. The lowest BCUT2D eigenvalue weighted by Crippen LogP contribution is -2.38. The van der Waals surface area contributed by atoms with Crippen LogP contribution in [0.5, 0.6) is 0 Å². The van der Waals surface area contributed by atoms with Crippen LogP contribution in [0.3, 0.4) is 0 Å². The van der Waals surface area contributed by atoms with Crippen LogP contribution in [-0.4, -0.2) is 36.3 Å². The van der Waals surface area contributed by atoms with Gasteiger partial charge in [0.15, 0.2) is 0 Å². The van der Waals surface area contributed by atoms with E-state index in [-0.39, 0.29) is 6.04 Å². The quantitative estimate of drug-likeness (QED) is 0.906. The largest absolute Gasteiger partial charge is 0.381 e. The molecule has 0 spiro atoms. The zero-order valence-electron chi connectivity index (χ0n) is 10.7. The zero-order valence-corrected chi connectivity index (χ0v) is 13.0. The molecule has 1 aliphatic heterocycles. The Balaban J connectivity index is 2.11. The first-order valence-electron chi connectivity index (χ1n) is 6.21. The van der Waals surface area contributed by atoms with Crippen molar-refractivity contribution < 1.29 is 8.95 Å². The number of halogens is 2. The number of nitrogens with one attached hydrogen (secondary N) is 1. The molecule has 1 aliphatic rings. The Kier molecular flexibility index (Phi) is 5.66. The maximum absolute atomic E-state index is 12.5. The molecule has 2 rings (SSSR count). The van der Waals surface area contributed by atoms with E-state index < -0.39 is 10.8 Å². The summed E-state index contributed by atoms with van der Waals surface area (Å²) >= 11 is 12.2. The van der Waals surface area contributed by atoms with E-state index in [1.165, 1.54) is 0 Å². The summed E-state index contributed by atoms with van der Waals surface area (Å²) in [5.74, 6) is 0.892. The van der Waals surface area contributed by atoms with E-state index in [9.17, 15) is 4.21 Å². The predicted molar refractivity (Wildman–Crippen MR) is 79.5 cm³/mol. The van der Waals surface area contributed by atoms with E-state index >= 15 is 0 Å². The minimum atomic E-state index is -1.21. The third-order valence-corrected chi connectivity index (χ3v) is 5.79. The van der Waals surface area contributed by atoms with Crippen molar-refractivity contribution in [2.45, 2.75) is 17.4 Å². The fourth-order valence-electron chi connectivity index (χ4n) is 2.27. The van der Waals surface area contributed by atoms with Crippen LogP contribution in [0.2, 0.25) is 10.0 Å². The van der Waals surface area contributed by atoms with E-state index in [0.29, 0.717) is 26.6 Å². The Morgan fingerprint density at radius 2 is 2.16 bits per heavy atom. The van der Waals surface area contributed by atoms with Crippen LogP contribution in [0.4, 0.5) is 0 Å². The van der Waals surface area contributed by atoms with E-state index in [0.717, 1.165) is 19.6 Å². The summed E-state index contributed by atoms with van der Waals surface area (Å²) in [5, 5.41) is 4.15. The van der Waals surface area contributed by atoms with E-state index in [2.05, 4.69) is 5.32 Å². The van der Waals surface area contributed by atoms with Crippen molar-refractivity contribution in [1.29, 1.82) is 0 Å². The van der Waals surface area contributed by atoms with Crippen molar-refractivity contribution in [3.63, 3.8) is 0 Å². The highest BCUT2D eigenvalue weighted by atomic mass is 35.5. The van der Waals surface area contributed by atoms with Gasteiger partial charge >= 0.3 is 0 Å². The second-order valence-corrected chi connectivity index (χ2v) is 6.83. The number of ether oxygens (including phenoxy) is 1. The molecule has 3 atom stereocenters. The molecule has 19 heavy (non-hydrogen) atoms. The molecule has 0 saturated carbocycles. The van der Waals surface area contributed by atoms with Gasteiger partial charge in [-0.15, -0.1) is 0 Å². The molecule has 0 amide bonds. The van der Waals surface area contributed by atoms with Gasteiger partial charge in [0.05, 0.1) is 32.3 Å².